The molecule has 1 aromatic carbocycles. The lowest BCUT2D eigenvalue weighted by molar-refractivity contribution is 0.0177. The number of hydrogen-bond donors (Lipinski definition) is 2. The van der Waals surface area contributed by atoms with E-state index in [1.165, 1.54) is 10.7 Å². The molecule has 1 saturated heterocycles. The number of aliphatic hydroxyl groups is 1. The second-order valence-electron chi connectivity index (χ2n) is 10.1. The average molecular weight is 534 g/mol. The van der Waals surface area contributed by atoms with Crippen molar-refractivity contribution in [3.05, 3.63) is 41.5 Å². The SMILES string of the molecule is CCCC(O)[C@@H]1C[C@H](NC(=O)c2nnn(-c3ccccc3F)c2CCCCOC)CN(C(=O)OC(C)C)C1. The lowest BCUT2D eigenvalue weighted by atomic mass is 9.87. The maximum absolute atomic E-state index is 14.6. The molecule has 210 valence electrons. The summed E-state index contributed by atoms with van der Waals surface area (Å²) >= 11 is 0. The summed E-state index contributed by atoms with van der Waals surface area (Å²) in [5, 5.41) is 21.9. The van der Waals surface area contributed by atoms with Crippen LogP contribution < -0.4 is 5.32 Å². The minimum Gasteiger partial charge on any atom is -0.447 e. The number of ether oxygens (including phenoxy) is 2. The van der Waals surface area contributed by atoms with Crippen molar-refractivity contribution in [2.45, 2.75) is 77.5 Å². The topological polar surface area (TPSA) is 119 Å². The second-order valence-corrected chi connectivity index (χ2v) is 10.1. The number of aliphatic hydroxyl groups excluding tert-OH is 1. The number of benzene rings is 1. The number of methoxy groups -OCH3 is 1. The molecule has 2 N–H and O–H groups in total. The van der Waals surface area contributed by atoms with Gasteiger partial charge in [-0.3, -0.25) is 4.79 Å². The summed E-state index contributed by atoms with van der Waals surface area (Å²) in [6, 6.07) is 5.78. The highest BCUT2D eigenvalue weighted by molar-refractivity contribution is 5.93. The van der Waals surface area contributed by atoms with Crippen molar-refractivity contribution in [2.24, 2.45) is 5.92 Å². The first-order valence-corrected chi connectivity index (χ1v) is 13.4. The molecule has 2 amide bonds. The number of halogens is 1. The van der Waals surface area contributed by atoms with E-state index in [9.17, 15) is 19.1 Å². The van der Waals surface area contributed by atoms with Crippen LogP contribution in [-0.2, 0) is 15.9 Å². The fourth-order valence-corrected chi connectivity index (χ4v) is 4.79. The largest absolute Gasteiger partial charge is 0.447 e. The number of piperidine rings is 1. The van der Waals surface area contributed by atoms with E-state index in [0.717, 1.165) is 12.8 Å². The van der Waals surface area contributed by atoms with Crippen molar-refractivity contribution in [1.29, 1.82) is 0 Å². The highest BCUT2D eigenvalue weighted by Crippen LogP contribution is 2.25. The molecule has 10 nitrogen and oxygen atoms in total. The van der Waals surface area contributed by atoms with Crippen molar-refractivity contribution in [3.63, 3.8) is 0 Å². The quantitative estimate of drug-likeness (QED) is 0.401. The fourth-order valence-electron chi connectivity index (χ4n) is 4.79. The van der Waals surface area contributed by atoms with E-state index in [0.29, 0.717) is 44.5 Å². The van der Waals surface area contributed by atoms with Crippen LogP contribution in [0.25, 0.3) is 5.69 Å². The lowest BCUT2D eigenvalue weighted by Gasteiger charge is -2.39. The van der Waals surface area contributed by atoms with E-state index in [2.05, 4.69) is 15.6 Å². The van der Waals surface area contributed by atoms with Crippen LogP contribution in [-0.4, -0.2) is 82.1 Å². The van der Waals surface area contributed by atoms with Gasteiger partial charge in [0.25, 0.3) is 5.91 Å². The van der Waals surface area contributed by atoms with Gasteiger partial charge in [0.2, 0.25) is 0 Å². The molecule has 38 heavy (non-hydrogen) atoms. The maximum Gasteiger partial charge on any atom is 0.410 e. The molecule has 1 aromatic heterocycles. The predicted molar refractivity (Wildman–Crippen MR) is 140 cm³/mol. The number of unbranched alkanes of at least 4 members (excludes halogenated alkanes) is 1. The van der Waals surface area contributed by atoms with Crippen LogP contribution in [0.3, 0.4) is 0 Å². The summed E-state index contributed by atoms with van der Waals surface area (Å²) in [5.41, 5.74) is 0.820. The minimum atomic E-state index is -0.604. The third-order valence-corrected chi connectivity index (χ3v) is 6.61. The molecular formula is C27H40FN5O5. The molecule has 3 atom stereocenters. The molecule has 0 bridgehead atoms. The third kappa shape index (κ3) is 7.73. The van der Waals surface area contributed by atoms with E-state index in [1.807, 2.05) is 6.92 Å². The van der Waals surface area contributed by atoms with Crippen LogP contribution in [0.5, 0.6) is 0 Å². The number of nitrogens with one attached hydrogen (secondary N) is 1. The Morgan fingerprint density at radius 2 is 2.00 bits per heavy atom. The Labute approximate surface area is 223 Å². The zero-order valence-corrected chi connectivity index (χ0v) is 22.7. The Morgan fingerprint density at radius 3 is 2.68 bits per heavy atom. The summed E-state index contributed by atoms with van der Waals surface area (Å²) < 4.78 is 26.5. The molecule has 1 unspecified atom stereocenters. The zero-order valence-electron chi connectivity index (χ0n) is 22.7. The molecule has 11 heteroatoms. The van der Waals surface area contributed by atoms with Gasteiger partial charge < -0.3 is 24.8 Å². The van der Waals surface area contributed by atoms with Crippen LogP contribution in [0.2, 0.25) is 0 Å². The summed E-state index contributed by atoms with van der Waals surface area (Å²) in [7, 11) is 1.62. The van der Waals surface area contributed by atoms with Crippen LogP contribution in [0, 0.1) is 11.7 Å². The number of amides is 2. The first kappa shape index (κ1) is 29.5. The third-order valence-electron chi connectivity index (χ3n) is 6.61. The number of carbonyl (C=O) groups is 2. The molecule has 1 aliphatic heterocycles. The van der Waals surface area contributed by atoms with Crippen molar-refractivity contribution in [1.82, 2.24) is 25.2 Å². The van der Waals surface area contributed by atoms with Gasteiger partial charge in [-0.25, -0.2) is 13.9 Å². The van der Waals surface area contributed by atoms with Gasteiger partial charge in [0, 0.05) is 38.8 Å². The Hall–Kier alpha value is -3.05. The van der Waals surface area contributed by atoms with Crippen molar-refractivity contribution < 1.29 is 28.6 Å². The van der Waals surface area contributed by atoms with Gasteiger partial charge in [0.05, 0.1) is 17.9 Å². The number of aromatic nitrogens is 3. The van der Waals surface area contributed by atoms with E-state index in [1.54, 1.807) is 44.1 Å². The van der Waals surface area contributed by atoms with Gasteiger partial charge in [0.15, 0.2) is 5.69 Å². The fraction of sp³-hybridized carbons (Fsp3) is 0.630. The van der Waals surface area contributed by atoms with Gasteiger partial charge in [-0.2, -0.15) is 0 Å². The molecular weight excluding hydrogens is 493 g/mol. The molecule has 0 spiro atoms. The van der Waals surface area contributed by atoms with Gasteiger partial charge in [-0.15, -0.1) is 5.10 Å². The van der Waals surface area contributed by atoms with Gasteiger partial charge in [-0.05, 0) is 58.1 Å². The highest BCUT2D eigenvalue weighted by atomic mass is 19.1. The maximum atomic E-state index is 14.6. The highest BCUT2D eigenvalue weighted by Gasteiger charge is 2.36. The molecule has 2 aromatic rings. The van der Waals surface area contributed by atoms with E-state index < -0.39 is 30.0 Å². The van der Waals surface area contributed by atoms with Crippen LogP contribution in [0.1, 0.15) is 69.1 Å². The molecule has 0 radical (unpaired) electrons. The average Bonchev–Trinajstić information content (AvgIpc) is 3.30. The van der Waals surface area contributed by atoms with Crippen LogP contribution >= 0.6 is 0 Å². The summed E-state index contributed by atoms with van der Waals surface area (Å²) in [5.74, 6) is -1.14. The number of carbonyl (C=O) groups excluding carboxylic acids is 2. The number of likely N-dealkylation sites (tertiary alicyclic amines) is 1. The molecule has 1 fully saturated rings. The van der Waals surface area contributed by atoms with Crippen molar-refractivity contribution in [3.8, 4) is 5.69 Å². The smallest absolute Gasteiger partial charge is 0.410 e. The van der Waals surface area contributed by atoms with E-state index >= 15 is 0 Å². The molecule has 3 rings (SSSR count). The molecule has 0 saturated carbocycles. The van der Waals surface area contributed by atoms with Gasteiger partial charge in [0.1, 0.15) is 11.5 Å². The molecule has 0 aliphatic carbocycles. The number of rotatable bonds is 12. The predicted octanol–water partition coefficient (Wildman–Crippen LogP) is 3.50. The van der Waals surface area contributed by atoms with Crippen LogP contribution in [0.15, 0.2) is 24.3 Å². The normalized spacial score (nSPS) is 18.4. The first-order valence-electron chi connectivity index (χ1n) is 13.4. The van der Waals surface area contributed by atoms with Crippen LogP contribution in [0.4, 0.5) is 9.18 Å². The van der Waals surface area contributed by atoms with E-state index in [4.69, 9.17) is 9.47 Å². The number of hydrogen-bond acceptors (Lipinski definition) is 7. The Kier molecular flexibility index (Phi) is 11.0. The minimum absolute atomic E-state index is 0.109. The molecule has 2 heterocycles. The number of nitrogens with zero attached hydrogens (tertiary/aromatic N) is 4. The summed E-state index contributed by atoms with van der Waals surface area (Å²) in [6.07, 6.45) is 2.44. The Balaban J connectivity index is 1.83. The van der Waals surface area contributed by atoms with E-state index in [-0.39, 0.29) is 29.9 Å². The van der Waals surface area contributed by atoms with Gasteiger partial charge >= 0.3 is 6.09 Å². The zero-order chi connectivity index (χ0) is 27.7. The van der Waals surface area contributed by atoms with Crippen molar-refractivity contribution in [2.75, 3.05) is 26.8 Å². The van der Waals surface area contributed by atoms with Gasteiger partial charge in [-0.1, -0.05) is 30.7 Å². The van der Waals surface area contributed by atoms with Crippen molar-refractivity contribution >= 4 is 12.0 Å². The lowest BCUT2D eigenvalue weighted by Crippen LogP contribution is -2.55. The summed E-state index contributed by atoms with van der Waals surface area (Å²) in [6.45, 7) is 6.71. The monoisotopic (exact) mass is 533 g/mol. The second kappa shape index (κ2) is 14.2. The molecule has 1 aliphatic rings. The summed E-state index contributed by atoms with van der Waals surface area (Å²) in [4.78, 5) is 27.7. The Bertz CT molecular complexity index is 1060. The standard InChI is InChI=1S/C27H40FN5O5/c1-5-10-24(34)19-15-20(17-32(16-19)27(36)38-18(2)3)29-26(35)25-23(13-8-9-14-37-4)33(31-30-25)22-12-7-6-11-21(22)28/h6-7,11-12,18-20,24,34H,5,8-10,13-17H2,1-4H3,(H,29,35)/t19-,20+,24?/m1/s1. The first-order chi connectivity index (χ1) is 18.2. The Morgan fingerprint density at radius 1 is 1.24 bits per heavy atom. The number of para-hydroxylation sites is 1.